The largest absolute Gasteiger partial charge is 0.371 e. The van der Waals surface area contributed by atoms with E-state index in [0.717, 1.165) is 36.4 Å². The number of amides is 1. The molecule has 1 amide bonds. The first-order valence-electron chi connectivity index (χ1n) is 8.88. The number of rotatable bonds is 4. The number of benzene rings is 1. The van der Waals surface area contributed by atoms with Gasteiger partial charge < -0.3 is 10.2 Å². The van der Waals surface area contributed by atoms with Crippen LogP contribution in [0.1, 0.15) is 48.7 Å². The number of nitrogens with zero attached hydrogens (tertiary/aromatic N) is 2. The van der Waals surface area contributed by atoms with Crippen LogP contribution < -0.4 is 10.2 Å². The number of aryl methyl sites for hydroxylation is 1. The van der Waals surface area contributed by atoms with Crippen LogP contribution in [0.2, 0.25) is 0 Å². The van der Waals surface area contributed by atoms with E-state index in [9.17, 15) is 4.79 Å². The van der Waals surface area contributed by atoms with Gasteiger partial charge in [-0.25, -0.2) is 0 Å². The first-order chi connectivity index (χ1) is 11.8. The molecule has 4 heteroatoms. The van der Waals surface area contributed by atoms with Gasteiger partial charge >= 0.3 is 0 Å². The van der Waals surface area contributed by atoms with E-state index in [0.29, 0.717) is 5.69 Å². The van der Waals surface area contributed by atoms with Crippen LogP contribution in [-0.2, 0) is 6.42 Å². The van der Waals surface area contributed by atoms with E-state index in [1.165, 1.54) is 25.7 Å². The molecule has 3 rings (SSSR count). The van der Waals surface area contributed by atoms with Crippen molar-refractivity contribution in [2.75, 3.05) is 23.3 Å². The number of carbonyl (C=O) groups excluding carboxylic acids is 1. The Bertz CT molecular complexity index is 691. The maximum absolute atomic E-state index is 12.6. The van der Waals surface area contributed by atoms with Gasteiger partial charge in [0.1, 0.15) is 5.69 Å². The highest BCUT2D eigenvalue weighted by atomic mass is 16.1. The number of pyridine rings is 1. The van der Waals surface area contributed by atoms with Crippen molar-refractivity contribution in [1.29, 1.82) is 0 Å². The highest BCUT2D eigenvalue weighted by Crippen LogP contribution is 2.21. The SMILES string of the molecule is CCc1ccccc1NC(=O)c1cc(N2CCCCCC2)ccn1. The van der Waals surface area contributed by atoms with Crippen LogP contribution in [0.5, 0.6) is 0 Å². The second-order valence-electron chi connectivity index (χ2n) is 6.27. The van der Waals surface area contributed by atoms with Crippen LogP contribution in [-0.4, -0.2) is 24.0 Å². The van der Waals surface area contributed by atoms with Crippen molar-refractivity contribution in [3.8, 4) is 0 Å². The van der Waals surface area contributed by atoms with Gasteiger partial charge in [0, 0.05) is 30.7 Å². The number of nitrogens with one attached hydrogen (secondary N) is 1. The van der Waals surface area contributed by atoms with Crippen molar-refractivity contribution in [2.24, 2.45) is 0 Å². The molecule has 2 aromatic rings. The fourth-order valence-corrected chi connectivity index (χ4v) is 3.21. The van der Waals surface area contributed by atoms with E-state index in [1.807, 2.05) is 36.4 Å². The number of aromatic nitrogens is 1. The van der Waals surface area contributed by atoms with Crippen LogP contribution in [0.3, 0.4) is 0 Å². The summed E-state index contributed by atoms with van der Waals surface area (Å²) >= 11 is 0. The van der Waals surface area contributed by atoms with Gasteiger partial charge in [0.2, 0.25) is 0 Å². The molecule has 1 aliphatic heterocycles. The standard InChI is InChI=1S/C20H25N3O/c1-2-16-9-5-6-10-18(16)22-20(24)19-15-17(11-12-21-19)23-13-7-3-4-8-14-23/h5-6,9-12,15H,2-4,7-8,13-14H2,1H3,(H,22,24). The molecule has 1 aromatic heterocycles. The monoisotopic (exact) mass is 323 g/mol. The van der Waals surface area contributed by atoms with Crippen molar-refractivity contribution in [3.63, 3.8) is 0 Å². The number of carbonyl (C=O) groups is 1. The Morgan fingerprint density at radius 1 is 1.12 bits per heavy atom. The lowest BCUT2D eigenvalue weighted by Crippen LogP contribution is -2.24. The minimum absolute atomic E-state index is 0.146. The average Bonchev–Trinajstić information content (AvgIpc) is 2.92. The molecule has 0 atom stereocenters. The molecule has 0 unspecified atom stereocenters. The minimum Gasteiger partial charge on any atom is -0.371 e. The summed E-state index contributed by atoms with van der Waals surface area (Å²) in [6, 6.07) is 11.8. The van der Waals surface area contributed by atoms with Gasteiger partial charge in [-0.2, -0.15) is 0 Å². The lowest BCUT2D eigenvalue weighted by Gasteiger charge is -2.22. The van der Waals surface area contributed by atoms with Crippen molar-refractivity contribution in [2.45, 2.75) is 39.0 Å². The summed E-state index contributed by atoms with van der Waals surface area (Å²) in [6.07, 6.45) is 7.64. The zero-order chi connectivity index (χ0) is 16.8. The molecule has 0 aliphatic carbocycles. The summed E-state index contributed by atoms with van der Waals surface area (Å²) < 4.78 is 0. The first kappa shape index (κ1) is 16.5. The van der Waals surface area contributed by atoms with E-state index in [1.54, 1.807) is 6.20 Å². The molecular weight excluding hydrogens is 298 g/mol. The molecule has 1 aliphatic rings. The van der Waals surface area contributed by atoms with E-state index in [-0.39, 0.29) is 5.91 Å². The lowest BCUT2D eigenvalue weighted by atomic mass is 10.1. The fourth-order valence-electron chi connectivity index (χ4n) is 3.21. The van der Waals surface area contributed by atoms with Crippen molar-refractivity contribution < 1.29 is 4.79 Å². The summed E-state index contributed by atoms with van der Waals surface area (Å²) in [6.45, 7) is 4.21. The van der Waals surface area contributed by atoms with Crippen LogP contribution in [0.15, 0.2) is 42.6 Å². The average molecular weight is 323 g/mol. The minimum atomic E-state index is -0.146. The Morgan fingerprint density at radius 3 is 2.62 bits per heavy atom. The topological polar surface area (TPSA) is 45.2 Å². The third-order valence-corrected chi connectivity index (χ3v) is 4.59. The third-order valence-electron chi connectivity index (χ3n) is 4.59. The summed E-state index contributed by atoms with van der Waals surface area (Å²) in [4.78, 5) is 19.2. The summed E-state index contributed by atoms with van der Waals surface area (Å²) in [5.74, 6) is -0.146. The van der Waals surface area contributed by atoms with Crippen LogP contribution in [0, 0.1) is 0 Å². The highest BCUT2D eigenvalue weighted by molar-refractivity contribution is 6.03. The zero-order valence-electron chi connectivity index (χ0n) is 14.3. The smallest absolute Gasteiger partial charge is 0.274 e. The molecule has 0 saturated carbocycles. The molecule has 1 fully saturated rings. The lowest BCUT2D eigenvalue weighted by molar-refractivity contribution is 0.102. The van der Waals surface area contributed by atoms with E-state index < -0.39 is 0 Å². The van der Waals surface area contributed by atoms with Crippen molar-refractivity contribution >= 4 is 17.3 Å². The second kappa shape index (κ2) is 7.95. The highest BCUT2D eigenvalue weighted by Gasteiger charge is 2.14. The fraction of sp³-hybridized carbons (Fsp3) is 0.400. The first-order valence-corrected chi connectivity index (χ1v) is 8.88. The quantitative estimate of drug-likeness (QED) is 0.913. The van der Waals surface area contributed by atoms with Gasteiger partial charge in [-0.3, -0.25) is 9.78 Å². The molecular formula is C20H25N3O. The Kier molecular flexibility index (Phi) is 5.47. The Labute approximate surface area is 143 Å². The van der Waals surface area contributed by atoms with E-state index in [4.69, 9.17) is 0 Å². The van der Waals surface area contributed by atoms with Crippen LogP contribution in [0.25, 0.3) is 0 Å². The van der Waals surface area contributed by atoms with Gasteiger partial charge in [0.25, 0.3) is 5.91 Å². The summed E-state index contributed by atoms with van der Waals surface area (Å²) in [5, 5.41) is 3.00. The van der Waals surface area contributed by atoms with Crippen LogP contribution >= 0.6 is 0 Å². The molecule has 1 N–H and O–H groups in total. The van der Waals surface area contributed by atoms with Crippen molar-refractivity contribution in [3.05, 3.63) is 53.9 Å². The molecule has 4 nitrogen and oxygen atoms in total. The zero-order valence-corrected chi connectivity index (χ0v) is 14.3. The van der Waals surface area contributed by atoms with Gasteiger partial charge in [-0.15, -0.1) is 0 Å². The predicted molar refractivity (Wildman–Crippen MR) is 98.7 cm³/mol. The third kappa shape index (κ3) is 3.94. The predicted octanol–water partition coefficient (Wildman–Crippen LogP) is 4.28. The maximum Gasteiger partial charge on any atom is 0.274 e. The molecule has 0 spiro atoms. The number of anilines is 2. The van der Waals surface area contributed by atoms with Gasteiger partial charge in [-0.1, -0.05) is 38.0 Å². The van der Waals surface area contributed by atoms with E-state index in [2.05, 4.69) is 22.1 Å². The van der Waals surface area contributed by atoms with Gasteiger partial charge in [0.15, 0.2) is 0 Å². The van der Waals surface area contributed by atoms with Gasteiger partial charge in [0.05, 0.1) is 0 Å². The molecule has 1 aromatic carbocycles. The molecule has 1 saturated heterocycles. The Balaban J connectivity index is 1.76. The molecule has 0 bridgehead atoms. The normalized spacial score (nSPS) is 15.0. The number of hydrogen-bond donors (Lipinski definition) is 1. The molecule has 2 heterocycles. The Hall–Kier alpha value is -2.36. The number of para-hydroxylation sites is 1. The summed E-state index contributed by atoms with van der Waals surface area (Å²) in [5.41, 5.74) is 3.57. The van der Waals surface area contributed by atoms with E-state index >= 15 is 0 Å². The molecule has 126 valence electrons. The van der Waals surface area contributed by atoms with Crippen LogP contribution in [0.4, 0.5) is 11.4 Å². The van der Waals surface area contributed by atoms with Gasteiger partial charge in [-0.05, 0) is 43.0 Å². The molecule has 24 heavy (non-hydrogen) atoms. The van der Waals surface area contributed by atoms with Crippen molar-refractivity contribution in [1.82, 2.24) is 4.98 Å². The number of hydrogen-bond acceptors (Lipinski definition) is 3. The Morgan fingerprint density at radius 2 is 1.88 bits per heavy atom. The summed E-state index contributed by atoms with van der Waals surface area (Å²) in [7, 11) is 0. The second-order valence-corrected chi connectivity index (χ2v) is 6.27. The maximum atomic E-state index is 12.6. The molecule has 0 radical (unpaired) electrons.